The second-order valence-electron chi connectivity index (χ2n) is 2.06. The first-order valence-corrected chi connectivity index (χ1v) is 4.64. The van der Waals surface area contributed by atoms with Crippen LogP contribution in [0.2, 0.25) is 0 Å². The number of hydrogen-bond acceptors (Lipinski definition) is 2. The lowest BCUT2D eigenvalue weighted by Gasteiger charge is -1.95. The van der Waals surface area contributed by atoms with Crippen LogP contribution in [0.15, 0.2) is 17.3 Å². The molecule has 0 atom stereocenters. The summed E-state index contributed by atoms with van der Waals surface area (Å²) in [6.07, 6.45) is 6.18. The fourth-order valence-electron chi connectivity index (χ4n) is 0.553. The Kier molecular flexibility index (Phi) is 14.9. The predicted molar refractivity (Wildman–Crippen MR) is 58.0 cm³/mol. The maximum atomic E-state index is 10.4. The summed E-state index contributed by atoms with van der Waals surface area (Å²) in [5.41, 5.74) is 0. The van der Waals surface area contributed by atoms with E-state index in [2.05, 4.69) is 10.3 Å². The molecule has 13 heavy (non-hydrogen) atoms. The molecule has 0 aliphatic heterocycles. The highest BCUT2D eigenvalue weighted by atomic mass is 16.1. The highest BCUT2D eigenvalue weighted by Gasteiger charge is 1.85. The molecule has 0 bridgehead atoms. The lowest BCUT2D eigenvalue weighted by molar-refractivity contribution is -0.118. The molecule has 0 rings (SSSR count). The maximum Gasteiger partial charge on any atom is 0.216 e. The van der Waals surface area contributed by atoms with E-state index in [9.17, 15) is 4.79 Å². The third-order valence-electron chi connectivity index (χ3n) is 1.03. The van der Waals surface area contributed by atoms with E-state index in [4.69, 9.17) is 0 Å². The summed E-state index contributed by atoms with van der Waals surface area (Å²) >= 11 is 0. The summed E-state index contributed by atoms with van der Waals surface area (Å²) in [5, 5.41) is 2.68. The summed E-state index contributed by atoms with van der Waals surface area (Å²) < 4.78 is 0. The van der Waals surface area contributed by atoms with Crippen LogP contribution in [0, 0.1) is 0 Å². The van der Waals surface area contributed by atoms with E-state index in [1.165, 1.54) is 6.92 Å². The Balaban J connectivity index is 0. The number of aliphatic imine (C=N–C) groups is 1. The van der Waals surface area contributed by atoms with Gasteiger partial charge in [0.05, 0.1) is 0 Å². The molecule has 0 aromatic rings. The van der Waals surface area contributed by atoms with Crippen LogP contribution in [0.3, 0.4) is 0 Å². The quantitative estimate of drug-likeness (QED) is 0.528. The van der Waals surface area contributed by atoms with Gasteiger partial charge in [-0.3, -0.25) is 9.79 Å². The van der Waals surface area contributed by atoms with Gasteiger partial charge in [-0.25, -0.2) is 0 Å². The molecule has 0 radical (unpaired) electrons. The summed E-state index contributed by atoms with van der Waals surface area (Å²) in [7, 11) is 0. The minimum atomic E-state index is 0.0115. The van der Waals surface area contributed by atoms with Crippen LogP contribution in [0.25, 0.3) is 0 Å². The molecule has 3 heteroatoms. The topological polar surface area (TPSA) is 41.5 Å². The van der Waals surface area contributed by atoms with Crippen molar-refractivity contribution in [2.45, 2.75) is 34.1 Å². The molecule has 0 aliphatic rings. The smallest absolute Gasteiger partial charge is 0.216 e. The van der Waals surface area contributed by atoms with Crippen LogP contribution >= 0.6 is 0 Å². The first kappa shape index (κ1) is 14.4. The van der Waals surface area contributed by atoms with Crippen molar-refractivity contribution >= 4 is 12.1 Å². The minimum absolute atomic E-state index is 0.0115. The van der Waals surface area contributed by atoms with E-state index in [1.807, 2.05) is 26.8 Å². The molecular formula is C10H20N2O. The lowest BCUT2D eigenvalue weighted by Crippen LogP contribution is -2.20. The van der Waals surface area contributed by atoms with Gasteiger partial charge in [0, 0.05) is 25.9 Å². The van der Waals surface area contributed by atoms with E-state index < -0.39 is 0 Å². The van der Waals surface area contributed by atoms with Crippen LogP contribution in [0.4, 0.5) is 0 Å². The maximum absolute atomic E-state index is 10.4. The fraction of sp³-hybridized carbons (Fsp3) is 0.600. The number of amides is 1. The predicted octanol–water partition coefficient (Wildman–Crippen LogP) is 2.14. The summed E-state index contributed by atoms with van der Waals surface area (Å²) in [5.74, 6) is 0.0115. The van der Waals surface area contributed by atoms with E-state index in [0.717, 1.165) is 6.42 Å². The van der Waals surface area contributed by atoms with Gasteiger partial charge >= 0.3 is 0 Å². The molecular weight excluding hydrogens is 164 g/mol. The van der Waals surface area contributed by atoms with Crippen molar-refractivity contribution in [2.24, 2.45) is 4.99 Å². The van der Waals surface area contributed by atoms with Crippen LogP contribution in [0.5, 0.6) is 0 Å². The summed E-state index contributed by atoms with van der Waals surface area (Å²) in [4.78, 5) is 14.2. The summed E-state index contributed by atoms with van der Waals surface area (Å²) in [6.45, 7) is 8.05. The summed E-state index contributed by atoms with van der Waals surface area (Å²) in [6, 6.07) is 0. The molecule has 76 valence electrons. The molecule has 3 nitrogen and oxygen atoms in total. The Morgan fingerprint density at radius 3 is 2.54 bits per heavy atom. The van der Waals surface area contributed by atoms with Crippen LogP contribution in [-0.2, 0) is 4.79 Å². The molecule has 0 unspecified atom stereocenters. The van der Waals surface area contributed by atoms with Gasteiger partial charge in [-0.1, -0.05) is 19.9 Å². The third kappa shape index (κ3) is 18.1. The van der Waals surface area contributed by atoms with Gasteiger partial charge in [-0.15, -0.1) is 0 Å². The zero-order chi connectivity index (χ0) is 10.5. The molecule has 1 amide bonds. The average molecular weight is 184 g/mol. The molecule has 0 aliphatic carbocycles. The van der Waals surface area contributed by atoms with E-state index in [-0.39, 0.29) is 5.91 Å². The van der Waals surface area contributed by atoms with Crippen molar-refractivity contribution in [3.63, 3.8) is 0 Å². The Morgan fingerprint density at radius 2 is 2.08 bits per heavy atom. The molecule has 0 spiro atoms. The van der Waals surface area contributed by atoms with Crippen LogP contribution in [-0.4, -0.2) is 18.7 Å². The van der Waals surface area contributed by atoms with E-state index >= 15 is 0 Å². The Hall–Kier alpha value is -1.12. The number of nitrogens with zero attached hydrogens (tertiary/aromatic N) is 1. The van der Waals surface area contributed by atoms with Gasteiger partial charge in [-0.2, -0.15) is 0 Å². The Bertz CT molecular complexity index is 162. The van der Waals surface area contributed by atoms with E-state index in [0.29, 0.717) is 6.54 Å². The van der Waals surface area contributed by atoms with Gasteiger partial charge in [0.1, 0.15) is 0 Å². The van der Waals surface area contributed by atoms with Gasteiger partial charge in [0.25, 0.3) is 0 Å². The van der Waals surface area contributed by atoms with Crippen molar-refractivity contribution in [3.8, 4) is 0 Å². The first-order valence-electron chi connectivity index (χ1n) is 4.64. The monoisotopic (exact) mass is 184 g/mol. The van der Waals surface area contributed by atoms with Gasteiger partial charge in [0.15, 0.2) is 0 Å². The highest BCUT2D eigenvalue weighted by Crippen LogP contribution is 1.80. The second-order valence-corrected chi connectivity index (χ2v) is 2.06. The molecule has 0 fully saturated rings. The fourth-order valence-corrected chi connectivity index (χ4v) is 0.553. The van der Waals surface area contributed by atoms with E-state index in [1.54, 1.807) is 12.4 Å². The van der Waals surface area contributed by atoms with Crippen molar-refractivity contribution in [1.29, 1.82) is 0 Å². The zero-order valence-corrected chi connectivity index (χ0v) is 9.00. The Labute approximate surface area is 80.9 Å². The largest absolute Gasteiger partial charge is 0.356 e. The molecule has 1 N–H and O–H groups in total. The molecule has 0 saturated heterocycles. The Morgan fingerprint density at radius 1 is 1.46 bits per heavy atom. The van der Waals surface area contributed by atoms with Crippen molar-refractivity contribution in [3.05, 3.63) is 12.3 Å². The van der Waals surface area contributed by atoms with Crippen molar-refractivity contribution in [2.75, 3.05) is 6.54 Å². The number of rotatable bonds is 4. The number of carbonyl (C=O) groups is 1. The van der Waals surface area contributed by atoms with Crippen molar-refractivity contribution in [1.82, 2.24) is 5.32 Å². The number of nitrogens with one attached hydrogen (secondary N) is 1. The first-order chi connectivity index (χ1) is 6.27. The molecule has 0 aromatic carbocycles. The SMILES string of the molecule is CC.CC=N/C=C\CCNC(C)=O. The van der Waals surface area contributed by atoms with Gasteiger partial charge in [0.2, 0.25) is 5.91 Å². The van der Waals surface area contributed by atoms with Crippen LogP contribution in [0.1, 0.15) is 34.1 Å². The van der Waals surface area contributed by atoms with Gasteiger partial charge in [-0.05, 0) is 13.3 Å². The van der Waals surface area contributed by atoms with Crippen LogP contribution < -0.4 is 5.32 Å². The zero-order valence-electron chi connectivity index (χ0n) is 9.00. The average Bonchev–Trinajstić information content (AvgIpc) is 2.14. The minimum Gasteiger partial charge on any atom is -0.356 e. The highest BCUT2D eigenvalue weighted by molar-refractivity contribution is 5.72. The number of hydrogen-bond donors (Lipinski definition) is 1. The second kappa shape index (κ2) is 13.5. The molecule has 0 heterocycles. The normalized spacial score (nSPS) is 9.85. The van der Waals surface area contributed by atoms with Crippen molar-refractivity contribution < 1.29 is 4.79 Å². The lowest BCUT2D eigenvalue weighted by atomic mass is 10.4. The number of carbonyl (C=O) groups excluding carboxylic acids is 1. The standard InChI is InChI=1S/C8H14N2O.C2H6/c1-3-9-6-4-5-7-10-8(2)11;1-2/h3-4,6H,5,7H2,1-2H3,(H,10,11);1-2H3/b6-4-,9-3?;. The van der Waals surface area contributed by atoms with Gasteiger partial charge < -0.3 is 5.32 Å². The third-order valence-corrected chi connectivity index (χ3v) is 1.03. The molecule has 0 saturated carbocycles. The molecule has 0 aromatic heterocycles.